The molecule has 0 fully saturated rings. The summed E-state index contributed by atoms with van der Waals surface area (Å²) < 4.78 is 10.6. The van der Waals surface area contributed by atoms with Crippen molar-refractivity contribution in [3.63, 3.8) is 0 Å². The summed E-state index contributed by atoms with van der Waals surface area (Å²) in [7, 11) is 1.55. The molecule has 1 rings (SSSR count). The summed E-state index contributed by atoms with van der Waals surface area (Å²) in [6, 6.07) is 5.28. The van der Waals surface area contributed by atoms with E-state index >= 15 is 0 Å². The van der Waals surface area contributed by atoms with Crippen LogP contribution in [0.4, 0.5) is 0 Å². The molecule has 0 aliphatic heterocycles. The molecule has 0 unspecified atom stereocenters. The van der Waals surface area contributed by atoms with Crippen LogP contribution in [-0.4, -0.2) is 24.6 Å². The van der Waals surface area contributed by atoms with Crippen molar-refractivity contribution in [2.45, 2.75) is 40.2 Å². The Bertz CT molecular complexity index is 374. The van der Waals surface area contributed by atoms with Gasteiger partial charge in [0.2, 0.25) is 0 Å². The minimum Gasteiger partial charge on any atom is -0.496 e. The number of carbonyl (C=O) groups is 1. The Morgan fingerprint density at radius 1 is 1.32 bits per heavy atom. The van der Waals surface area contributed by atoms with Crippen LogP contribution in [0.15, 0.2) is 18.2 Å². The van der Waals surface area contributed by atoms with Gasteiger partial charge in [-0.3, -0.25) is 0 Å². The van der Waals surface area contributed by atoms with E-state index < -0.39 is 0 Å². The highest BCUT2D eigenvalue weighted by Gasteiger charge is 2.04. The fourth-order valence-corrected chi connectivity index (χ4v) is 1.46. The molecule has 108 valence electrons. The molecule has 0 amide bonds. The molecule has 0 spiro atoms. The maximum Gasteiger partial charge on any atom is 0.129 e. The van der Waals surface area contributed by atoms with Gasteiger partial charge in [0.1, 0.15) is 17.3 Å². The number of aliphatic hydroxyl groups is 1. The lowest BCUT2D eigenvalue weighted by atomic mass is 10.2. The first-order valence-electron chi connectivity index (χ1n) is 6.57. The van der Waals surface area contributed by atoms with E-state index in [4.69, 9.17) is 14.6 Å². The van der Waals surface area contributed by atoms with Crippen LogP contribution < -0.4 is 9.47 Å². The highest BCUT2D eigenvalue weighted by Crippen LogP contribution is 2.24. The fourth-order valence-electron chi connectivity index (χ4n) is 1.46. The van der Waals surface area contributed by atoms with Crippen molar-refractivity contribution >= 4 is 5.78 Å². The van der Waals surface area contributed by atoms with Gasteiger partial charge >= 0.3 is 0 Å². The number of benzene rings is 1. The van der Waals surface area contributed by atoms with E-state index in [1.807, 2.05) is 13.8 Å². The van der Waals surface area contributed by atoms with E-state index in [0.717, 1.165) is 5.56 Å². The highest BCUT2D eigenvalue weighted by molar-refractivity contribution is 5.75. The summed E-state index contributed by atoms with van der Waals surface area (Å²) in [5, 5.41) is 9.06. The van der Waals surface area contributed by atoms with Crippen LogP contribution in [-0.2, 0) is 11.4 Å². The summed E-state index contributed by atoms with van der Waals surface area (Å²) >= 11 is 0. The zero-order valence-electron chi connectivity index (χ0n) is 12.2. The quantitative estimate of drug-likeness (QED) is 0.772. The van der Waals surface area contributed by atoms with Crippen molar-refractivity contribution in [1.29, 1.82) is 0 Å². The largest absolute Gasteiger partial charge is 0.496 e. The minimum atomic E-state index is -0.0617. The van der Waals surface area contributed by atoms with Crippen LogP contribution in [0.5, 0.6) is 11.5 Å². The second-order valence-electron chi connectivity index (χ2n) is 3.79. The van der Waals surface area contributed by atoms with E-state index in [0.29, 0.717) is 30.9 Å². The summed E-state index contributed by atoms with van der Waals surface area (Å²) in [5.74, 6) is 1.46. The van der Waals surface area contributed by atoms with Crippen LogP contribution in [0.25, 0.3) is 0 Å². The molecule has 0 aliphatic rings. The molecule has 0 radical (unpaired) electrons. The van der Waals surface area contributed by atoms with Gasteiger partial charge in [0.15, 0.2) is 0 Å². The van der Waals surface area contributed by atoms with Crippen LogP contribution >= 0.6 is 0 Å². The molecule has 0 saturated heterocycles. The molecule has 1 aromatic rings. The van der Waals surface area contributed by atoms with Crippen LogP contribution in [0.1, 0.15) is 39.2 Å². The van der Waals surface area contributed by atoms with Crippen molar-refractivity contribution in [1.82, 2.24) is 0 Å². The normalized spacial score (nSPS) is 9.32. The van der Waals surface area contributed by atoms with Crippen molar-refractivity contribution in [3.8, 4) is 11.5 Å². The number of hydrogen-bond donors (Lipinski definition) is 1. The third-order valence-electron chi connectivity index (χ3n) is 2.37. The van der Waals surface area contributed by atoms with Gasteiger partial charge in [0, 0.05) is 18.1 Å². The lowest BCUT2D eigenvalue weighted by Crippen LogP contribution is -2.01. The SMILES string of the molecule is CC.COc1cc(OCCCC(C)=O)ccc1CO. The molecule has 0 bridgehead atoms. The Labute approximate surface area is 115 Å². The smallest absolute Gasteiger partial charge is 0.129 e. The number of aliphatic hydroxyl groups excluding tert-OH is 1. The number of Topliss-reactive ketones (excluding diaryl/α,β-unsaturated/α-hetero) is 1. The standard InChI is InChI=1S/C13H18O4.C2H6/c1-10(15)4-3-7-17-12-6-5-11(9-14)13(8-12)16-2;1-2/h5-6,8,14H,3-4,7,9H2,1-2H3;1-2H3. The van der Waals surface area contributed by atoms with E-state index in [9.17, 15) is 4.79 Å². The first-order valence-corrected chi connectivity index (χ1v) is 6.57. The van der Waals surface area contributed by atoms with Gasteiger partial charge in [-0.1, -0.05) is 13.8 Å². The zero-order valence-corrected chi connectivity index (χ0v) is 12.2. The Morgan fingerprint density at radius 2 is 2.00 bits per heavy atom. The molecular weight excluding hydrogens is 244 g/mol. The summed E-state index contributed by atoms with van der Waals surface area (Å²) in [5.41, 5.74) is 0.726. The summed E-state index contributed by atoms with van der Waals surface area (Å²) in [6.07, 6.45) is 1.24. The van der Waals surface area contributed by atoms with Crippen LogP contribution in [0.2, 0.25) is 0 Å². The van der Waals surface area contributed by atoms with Gasteiger partial charge < -0.3 is 19.4 Å². The van der Waals surface area contributed by atoms with Gasteiger partial charge in [-0.25, -0.2) is 0 Å². The van der Waals surface area contributed by atoms with Crippen molar-refractivity contribution in [2.24, 2.45) is 0 Å². The zero-order chi connectivity index (χ0) is 14.7. The Balaban J connectivity index is 0.00000154. The Morgan fingerprint density at radius 3 is 2.53 bits per heavy atom. The summed E-state index contributed by atoms with van der Waals surface area (Å²) in [4.78, 5) is 10.7. The molecule has 1 N–H and O–H groups in total. The topological polar surface area (TPSA) is 55.8 Å². The molecule has 0 atom stereocenters. The van der Waals surface area contributed by atoms with Crippen molar-refractivity contribution in [3.05, 3.63) is 23.8 Å². The highest BCUT2D eigenvalue weighted by atomic mass is 16.5. The van der Waals surface area contributed by atoms with Crippen LogP contribution in [0, 0.1) is 0 Å². The molecule has 0 saturated carbocycles. The van der Waals surface area contributed by atoms with E-state index in [1.165, 1.54) is 0 Å². The first-order chi connectivity index (χ1) is 9.17. The molecule has 0 heterocycles. The average molecular weight is 268 g/mol. The first kappa shape index (κ1) is 17.4. The van der Waals surface area contributed by atoms with Gasteiger partial charge in [0.25, 0.3) is 0 Å². The molecular formula is C15H24O4. The maximum absolute atomic E-state index is 10.7. The van der Waals surface area contributed by atoms with Gasteiger partial charge in [0.05, 0.1) is 20.3 Å². The molecule has 0 aliphatic carbocycles. The molecule has 19 heavy (non-hydrogen) atoms. The number of hydrogen-bond acceptors (Lipinski definition) is 4. The summed E-state index contributed by atoms with van der Waals surface area (Å²) in [6.45, 7) is 6.01. The van der Waals surface area contributed by atoms with Crippen molar-refractivity contribution < 1.29 is 19.4 Å². The number of ketones is 1. The number of methoxy groups -OCH3 is 1. The minimum absolute atomic E-state index is 0.0617. The van der Waals surface area contributed by atoms with Gasteiger partial charge in [-0.15, -0.1) is 0 Å². The third kappa shape index (κ3) is 6.82. The maximum atomic E-state index is 10.7. The monoisotopic (exact) mass is 268 g/mol. The third-order valence-corrected chi connectivity index (χ3v) is 2.37. The number of ether oxygens (including phenoxy) is 2. The molecule has 4 heteroatoms. The lowest BCUT2D eigenvalue weighted by Gasteiger charge is -2.10. The van der Waals surface area contributed by atoms with Gasteiger partial charge in [-0.05, 0) is 25.5 Å². The Kier molecular flexibility index (Phi) is 9.53. The fraction of sp³-hybridized carbons (Fsp3) is 0.533. The predicted octanol–water partition coefficient (Wildman–Crippen LogP) is 2.96. The molecule has 4 nitrogen and oxygen atoms in total. The number of carbonyl (C=O) groups excluding carboxylic acids is 1. The van der Waals surface area contributed by atoms with E-state index in [1.54, 1.807) is 32.2 Å². The second kappa shape index (κ2) is 10.4. The Hall–Kier alpha value is -1.55. The van der Waals surface area contributed by atoms with E-state index in [2.05, 4.69) is 0 Å². The molecule has 1 aromatic carbocycles. The predicted molar refractivity (Wildman–Crippen MR) is 75.7 cm³/mol. The van der Waals surface area contributed by atoms with Crippen LogP contribution in [0.3, 0.4) is 0 Å². The van der Waals surface area contributed by atoms with Gasteiger partial charge in [-0.2, -0.15) is 0 Å². The number of rotatable bonds is 7. The van der Waals surface area contributed by atoms with E-state index in [-0.39, 0.29) is 12.4 Å². The average Bonchev–Trinajstić information content (AvgIpc) is 2.45. The molecule has 0 aromatic heterocycles. The second-order valence-corrected chi connectivity index (χ2v) is 3.79. The van der Waals surface area contributed by atoms with Crippen molar-refractivity contribution in [2.75, 3.05) is 13.7 Å². The lowest BCUT2D eigenvalue weighted by molar-refractivity contribution is -0.117.